The van der Waals surface area contributed by atoms with Gasteiger partial charge in [-0.1, -0.05) is 25.5 Å². The van der Waals surface area contributed by atoms with Gasteiger partial charge in [-0.3, -0.25) is 0 Å². The molecule has 1 aromatic carbocycles. The van der Waals surface area contributed by atoms with Crippen molar-refractivity contribution in [1.29, 1.82) is 0 Å². The number of benzene rings is 1. The lowest BCUT2D eigenvalue weighted by atomic mass is 10.3. The highest BCUT2D eigenvalue weighted by Gasteiger charge is 2.30. The summed E-state index contributed by atoms with van der Waals surface area (Å²) in [5.74, 6) is -0.0692. The van der Waals surface area contributed by atoms with Crippen molar-refractivity contribution in [2.75, 3.05) is 6.61 Å². The van der Waals surface area contributed by atoms with Gasteiger partial charge in [-0.2, -0.15) is 13.2 Å². The monoisotopic (exact) mass is 383 g/mol. The molecule has 0 spiro atoms. The number of rotatable bonds is 8. The van der Waals surface area contributed by atoms with E-state index in [9.17, 15) is 18.0 Å². The molecule has 1 heterocycles. The number of halogens is 3. The van der Waals surface area contributed by atoms with Gasteiger partial charge < -0.3 is 14.2 Å². The van der Waals surface area contributed by atoms with Crippen molar-refractivity contribution in [3.63, 3.8) is 0 Å². The number of ether oxygens (including phenoxy) is 3. The van der Waals surface area contributed by atoms with Gasteiger partial charge in [0.25, 0.3) is 0 Å². The van der Waals surface area contributed by atoms with Crippen molar-refractivity contribution in [2.24, 2.45) is 0 Å². The Balaban J connectivity index is 2.06. The first-order chi connectivity index (χ1) is 12.8. The van der Waals surface area contributed by atoms with Crippen LogP contribution in [0, 0.1) is 0 Å². The number of carbonyl (C=O) groups is 1. The highest BCUT2D eigenvalue weighted by molar-refractivity contribution is 5.74. The first-order valence-electron chi connectivity index (χ1n) is 8.44. The molecule has 0 amide bonds. The van der Waals surface area contributed by atoms with Gasteiger partial charge in [-0.15, -0.1) is 0 Å². The molecule has 0 radical (unpaired) electrons. The zero-order chi connectivity index (χ0) is 19.9. The second-order valence-corrected chi connectivity index (χ2v) is 5.71. The summed E-state index contributed by atoms with van der Waals surface area (Å²) >= 11 is 0. The maximum Gasteiger partial charge on any atom is 0.417 e. The van der Waals surface area contributed by atoms with Crippen LogP contribution in [0.15, 0.2) is 42.6 Å². The molecule has 146 valence electrons. The van der Waals surface area contributed by atoms with E-state index in [0.717, 1.165) is 25.0 Å². The van der Waals surface area contributed by atoms with E-state index in [0.29, 0.717) is 12.8 Å². The fourth-order valence-corrected chi connectivity index (χ4v) is 2.03. The normalized spacial score (nSPS) is 12.3. The predicted octanol–water partition coefficient (Wildman–Crippen LogP) is 5.00. The van der Waals surface area contributed by atoms with Crippen LogP contribution in [0.4, 0.5) is 13.2 Å². The summed E-state index contributed by atoms with van der Waals surface area (Å²) in [6.07, 6.45) is -2.99. The maximum absolute atomic E-state index is 12.6. The minimum Gasteiger partial charge on any atom is -0.475 e. The molecule has 0 fully saturated rings. The molecule has 0 aliphatic carbocycles. The summed E-state index contributed by atoms with van der Waals surface area (Å²) in [6.45, 7) is 3.84. The van der Waals surface area contributed by atoms with E-state index in [4.69, 9.17) is 14.2 Å². The van der Waals surface area contributed by atoms with Crippen LogP contribution in [0.1, 0.15) is 32.3 Å². The Morgan fingerprint density at radius 1 is 1.15 bits per heavy atom. The van der Waals surface area contributed by atoms with Crippen LogP contribution in [0.5, 0.6) is 17.4 Å². The Morgan fingerprint density at radius 3 is 2.44 bits per heavy atom. The molecule has 1 unspecified atom stereocenters. The zero-order valence-electron chi connectivity index (χ0n) is 15.0. The van der Waals surface area contributed by atoms with E-state index >= 15 is 0 Å². The van der Waals surface area contributed by atoms with Crippen molar-refractivity contribution >= 4 is 5.97 Å². The SMILES string of the molecule is CCCCOC(=O)C(C)Oc1ccccc1Oc1ccc(C(F)(F)F)cn1. The molecule has 1 atom stereocenters. The second kappa shape index (κ2) is 9.25. The quantitative estimate of drug-likeness (QED) is 0.474. The fourth-order valence-electron chi connectivity index (χ4n) is 2.03. The number of pyridine rings is 1. The van der Waals surface area contributed by atoms with Gasteiger partial charge in [0.2, 0.25) is 5.88 Å². The summed E-state index contributed by atoms with van der Waals surface area (Å²) in [5, 5.41) is 0. The molecule has 0 bridgehead atoms. The molecule has 5 nitrogen and oxygen atoms in total. The van der Waals surface area contributed by atoms with Crippen molar-refractivity contribution in [3.05, 3.63) is 48.2 Å². The maximum atomic E-state index is 12.6. The largest absolute Gasteiger partial charge is 0.475 e. The lowest BCUT2D eigenvalue weighted by Crippen LogP contribution is -2.26. The summed E-state index contributed by atoms with van der Waals surface area (Å²) < 4.78 is 54.0. The summed E-state index contributed by atoms with van der Waals surface area (Å²) in [4.78, 5) is 15.6. The Hall–Kier alpha value is -2.77. The molecule has 8 heteroatoms. The Kier molecular flexibility index (Phi) is 7.04. The highest BCUT2D eigenvalue weighted by Crippen LogP contribution is 2.33. The topological polar surface area (TPSA) is 57.7 Å². The molecule has 27 heavy (non-hydrogen) atoms. The number of nitrogens with zero attached hydrogens (tertiary/aromatic N) is 1. The summed E-state index contributed by atoms with van der Waals surface area (Å²) in [5.41, 5.74) is -0.872. The van der Waals surface area contributed by atoms with Crippen LogP contribution in [0.3, 0.4) is 0 Å². The first kappa shape index (κ1) is 20.5. The lowest BCUT2D eigenvalue weighted by molar-refractivity contribution is -0.151. The van der Waals surface area contributed by atoms with Gasteiger partial charge in [-0.25, -0.2) is 9.78 Å². The van der Waals surface area contributed by atoms with E-state index < -0.39 is 23.8 Å². The number of esters is 1. The Labute approximate surface area is 155 Å². The minimum absolute atomic E-state index is 0.0303. The molecule has 0 saturated heterocycles. The van der Waals surface area contributed by atoms with Crippen LogP contribution in [-0.4, -0.2) is 23.7 Å². The van der Waals surface area contributed by atoms with E-state index in [1.54, 1.807) is 31.2 Å². The summed E-state index contributed by atoms with van der Waals surface area (Å²) in [6, 6.07) is 8.47. The standard InChI is InChI=1S/C19H20F3NO4/c1-3-4-11-25-18(24)13(2)26-15-7-5-6-8-16(15)27-17-10-9-14(12-23-17)19(20,21)22/h5-10,12-13H,3-4,11H2,1-2H3. The van der Waals surface area contributed by atoms with Gasteiger partial charge in [0.05, 0.1) is 12.2 Å². The number of para-hydroxylation sites is 2. The number of hydrogen-bond donors (Lipinski definition) is 0. The zero-order valence-corrected chi connectivity index (χ0v) is 15.0. The third kappa shape index (κ3) is 6.16. The van der Waals surface area contributed by atoms with E-state index in [1.807, 2.05) is 6.92 Å². The van der Waals surface area contributed by atoms with Gasteiger partial charge in [0.1, 0.15) is 0 Å². The van der Waals surface area contributed by atoms with E-state index in [1.165, 1.54) is 0 Å². The first-order valence-corrected chi connectivity index (χ1v) is 8.44. The van der Waals surface area contributed by atoms with Gasteiger partial charge in [-0.05, 0) is 31.5 Å². The third-order valence-corrected chi connectivity index (χ3v) is 3.51. The molecule has 2 aromatic rings. The van der Waals surface area contributed by atoms with Crippen LogP contribution >= 0.6 is 0 Å². The molecule has 2 rings (SSSR count). The van der Waals surface area contributed by atoms with Crippen LogP contribution < -0.4 is 9.47 Å². The molecule has 0 N–H and O–H groups in total. The van der Waals surface area contributed by atoms with Crippen molar-refractivity contribution < 1.29 is 32.2 Å². The fraction of sp³-hybridized carbons (Fsp3) is 0.368. The smallest absolute Gasteiger partial charge is 0.417 e. The average molecular weight is 383 g/mol. The number of alkyl halides is 3. The van der Waals surface area contributed by atoms with E-state index in [-0.39, 0.29) is 17.4 Å². The van der Waals surface area contributed by atoms with Crippen molar-refractivity contribution in [2.45, 2.75) is 39.0 Å². The molecular weight excluding hydrogens is 363 g/mol. The molecule has 0 aliphatic rings. The van der Waals surface area contributed by atoms with Gasteiger partial charge in [0, 0.05) is 12.3 Å². The summed E-state index contributed by atoms with van der Waals surface area (Å²) in [7, 11) is 0. The minimum atomic E-state index is -4.47. The van der Waals surface area contributed by atoms with Crippen molar-refractivity contribution in [1.82, 2.24) is 4.98 Å². The number of hydrogen-bond acceptors (Lipinski definition) is 5. The molecule has 0 aliphatic heterocycles. The van der Waals surface area contributed by atoms with Gasteiger partial charge >= 0.3 is 12.1 Å². The number of carbonyl (C=O) groups excluding carboxylic acids is 1. The lowest BCUT2D eigenvalue weighted by Gasteiger charge is -2.16. The van der Waals surface area contributed by atoms with Crippen LogP contribution in [0.2, 0.25) is 0 Å². The van der Waals surface area contributed by atoms with Gasteiger partial charge in [0.15, 0.2) is 17.6 Å². The Morgan fingerprint density at radius 2 is 1.85 bits per heavy atom. The molecular formula is C19H20F3NO4. The average Bonchev–Trinajstić information content (AvgIpc) is 2.63. The van der Waals surface area contributed by atoms with Crippen molar-refractivity contribution in [3.8, 4) is 17.4 Å². The van der Waals surface area contributed by atoms with Crippen LogP contribution in [-0.2, 0) is 15.7 Å². The number of unbranched alkanes of at least 4 members (excludes halogenated alkanes) is 1. The number of aromatic nitrogens is 1. The predicted molar refractivity (Wildman–Crippen MR) is 91.7 cm³/mol. The Bertz CT molecular complexity index is 747. The third-order valence-electron chi connectivity index (χ3n) is 3.51. The molecule has 1 aromatic heterocycles. The second-order valence-electron chi connectivity index (χ2n) is 5.71. The van der Waals surface area contributed by atoms with E-state index in [2.05, 4.69) is 4.98 Å². The molecule has 0 saturated carbocycles. The van der Waals surface area contributed by atoms with Crippen LogP contribution in [0.25, 0.3) is 0 Å². The highest BCUT2D eigenvalue weighted by atomic mass is 19.4.